The number of carbonyl (C=O) groups excluding carboxylic acids is 1. The Morgan fingerprint density at radius 1 is 1.09 bits per heavy atom. The zero-order valence-corrected chi connectivity index (χ0v) is 18.7. The maximum Gasteiger partial charge on any atom is 0.283 e. The van der Waals surface area contributed by atoms with Gasteiger partial charge < -0.3 is 14.6 Å². The first kappa shape index (κ1) is 20.6. The number of hydrogen-bond acceptors (Lipinski definition) is 5. The van der Waals surface area contributed by atoms with Gasteiger partial charge in [0.1, 0.15) is 16.8 Å². The molecule has 32 heavy (non-hydrogen) atoms. The first-order valence-corrected chi connectivity index (χ1v) is 11.7. The van der Waals surface area contributed by atoms with Crippen LogP contribution in [0.5, 0.6) is 5.75 Å². The summed E-state index contributed by atoms with van der Waals surface area (Å²) in [5.41, 5.74) is 2.43. The third kappa shape index (κ3) is 3.75. The fourth-order valence-electron chi connectivity index (χ4n) is 4.16. The maximum absolute atomic E-state index is 13.6. The van der Waals surface area contributed by atoms with Crippen LogP contribution in [-0.4, -0.2) is 51.3 Å². The molecule has 3 heterocycles. The molecule has 164 valence electrons. The van der Waals surface area contributed by atoms with Gasteiger partial charge in [0.25, 0.3) is 5.56 Å². The topological polar surface area (TPSA) is 80.2 Å². The summed E-state index contributed by atoms with van der Waals surface area (Å²) in [5.74, 6) is 1.04. The average Bonchev–Trinajstić information content (AvgIpc) is 3.22. The molecular weight excluding hydrogens is 424 g/mol. The van der Waals surface area contributed by atoms with Crippen molar-refractivity contribution in [2.24, 2.45) is 0 Å². The molecule has 5 rings (SSSR count). The fraction of sp³-hybridized carbons (Fsp3) is 0.292. The molecule has 8 heteroatoms. The van der Waals surface area contributed by atoms with Crippen LogP contribution < -0.4 is 10.3 Å². The molecule has 1 saturated heterocycles. The first-order valence-electron chi connectivity index (χ1n) is 10.7. The van der Waals surface area contributed by atoms with Crippen LogP contribution in [0.4, 0.5) is 0 Å². The van der Waals surface area contributed by atoms with Crippen molar-refractivity contribution < 1.29 is 9.53 Å². The number of hydrogen-bond donors (Lipinski definition) is 1. The quantitative estimate of drug-likeness (QED) is 0.369. The van der Waals surface area contributed by atoms with Crippen molar-refractivity contribution >= 4 is 39.6 Å². The highest BCUT2D eigenvalue weighted by molar-refractivity contribution is 7.99. The minimum atomic E-state index is -0.190. The van der Waals surface area contributed by atoms with Crippen LogP contribution in [0, 0.1) is 0 Å². The van der Waals surface area contributed by atoms with E-state index in [9.17, 15) is 9.59 Å². The number of benzene rings is 2. The standard InChI is InChI=1S/C24H24N4O3S/c1-31-17-11-9-16(10-12-17)28-23(30)22-21(18-7-3-4-8-19(18)25-22)26-24(28)32-15-20(29)27-13-5-2-6-14-27/h3-4,7-12,25H,2,5-6,13-15H2,1H3. The highest BCUT2D eigenvalue weighted by atomic mass is 32.2. The number of methoxy groups -OCH3 is 1. The molecule has 0 saturated carbocycles. The molecule has 4 aromatic rings. The molecule has 0 spiro atoms. The minimum Gasteiger partial charge on any atom is -0.497 e. The van der Waals surface area contributed by atoms with Crippen LogP contribution in [-0.2, 0) is 4.79 Å². The van der Waals surface area contributed by atoms with Crippen molar-refractivity contribution in [1.29, 1.82) is 0 Å². The molecule has 0 unspecified atom stereocenters. The number of rotatable bonds is 5. The zero-order chi connectivity index (χ0) is 22.1. The van der Waals surface area contributed by atoms with Crippen molar-refractivity contribution in [2.45, 2.75) is 24.4 Å². The first-order chi connectivity index (χ1) is 15.7. The van der Waals surface area contributed by atoms with Gasteiger partial charge in [-0.05, 0) is 49.6 Å². The van der Waals surface area contributed by atoms with Crippen molar-refractivity contribution in [3.05, 3.63) is 58.9 Å². The lowest BCUT2D eigenvalue weighted by Crippen LogP contribution is -2.36. The fourth-order valence-corrected chi connectivity index (χ4v) is 5.07. The van der Waals surface area contributed by atoms with E-state index in [0.717, 1.165) is 36.8 Å². The van der Waals surface area contributed by atoms with E-state index >= 15 is 0 Å². The third-order valence-electron chi connectivity index (χ3n) is 5.86. The summed E-state index contributed by atoms with van der Waals surface area (Å²) >= 11 is 1.31. The Bertz CT molecular complexity index is 1340. The molecule has 2 aromatic heterocycles. The molecule has 1 N–H and O–H groups in total. The summed E-state index contributed by atoms with van der Waals surface area (Å²) in [6.45, 7) is 1.61. The maximum atomic E-state index is 13.6. The number of piperidine rings is 1. The molecule has 2 aromatic carbocycles. The van der Waals surface area contributed by atoms with E-state index in [1.807, 2.05) is 53.4 Å². The Hall–Kier alpha value is -3.26. The smallest absolute Gasteiger partial charge is 0.283 e. The van der Waals surface area contributed by atoms with Crippen LogP contribution in [0.1, 0.15) is 19.3 Å². The van der Waals surface area contributed by atoms with Crippen molar-refractivity contribution in [1.82, 2.24) is 19.4 Å². The number of para-hydroxylation sites is 1. The van der Waals surface area contributed by atoms with Gasteiger partial charge in [-0.15, -0.1) is 0 Å². The number of fused-ring (bicyclic) bond motifs is 3. The van der Waals surface area contributed by atoms with Gasteiger partial charge in [0, 0.05) is 24.0 Å². The van der Waals surface area contributed by atoms with Crippen LogP contribution in [0.15, 0.2) is 58.5 Å². The summed E-state index contributed by atoms with van der Waals surface area (Å²) in [6.07, 6.45) is 3.27. The predicted octanol–water partition coefficient (Wildman–Crippen LogP) is 3.98. The van der Waals surface area contributed by atoms with Crippen LogP contribution in [0.2, 0.25) is 0 Å². The SMILES string of the molecule is COc1ccc(-n2c(SCC(=O)N3CCCCC3)nc3c([nH]c4ccccc43)c2=O)cc1. The number of aromatic nitrogens is 3. The van der Waals surface area contributed by atoms with E-state index in [-0.39, 0.29) is 17.2 Å². The Morgan fingerprint density at radius 3 is 2.59 bits per heavy atom. The summed E-state index contributed by atoms with van der Waals surface area (Å²) < 4.78 is 6.83. The van der Waals surface area contributed by atoms with E-state index < -0.39 is 0 Å². The van der Waals surface area contributed by atoms with Crippen molar-refractivity contribution in [2.75, 3.05) is 26.0 Å². The van der Waals surface area contributed by atoms with Gasteiger partial charge in [0.15, 0.2) is 5.16 Å². The van der Waals surface area contributed by atoms with Gasteiger partial charge in [0.05, 0.1) is 18.6 Å². The zero-order valence-electron chi connectivity index (χ0n) is 17.8. The Balaban J connectivity index is 1.60. The molecular formula is C24H24N4O3S. The van der Waals surface area contributed by atoms with E-state index in [1.54, 1.807) is 11.7 Å². The van der Waals surface area contributed by atoms with Gasteiger partial charge in [-0.25, -0.2) is 4.98 Å². The number of H-pyrrole nitrogens is 1. The number of amides is 1. The van der Waals surface area contributed by atoms with Gasteiger partial charge in [-0.2, -0.15) is 0 Å². The summed E-state index contributed by atoms with van der Waals surface area (Å²) in [6, 6.07) is 15.0. The monoisotopic (exact) mass is 448 g/mol. The highest BCUT2D eigenvalue weighted by Gasteiger charge is 2.21. The molecule has 1 fully saturated rings. The molecule has 1 aliphatic heterocycles. The summed E-state index contributed by atoms with van der Waals surface area (Å²) in [7, 11) is 1.60. The molecule has 0 aliphatic carbocycles. The lowest BCUT2D eigenvalue weighted by molar-refractivity contribution is -0.129. The minimum absolute atomic E-state index is 0.0873. The number of carbonyl (C=O) groups is 1. The second-order valence-electron chi connectivity index (χ2n) is 7.86. The molecule has 0 bridgehead atoms. The second kappa shape index (κ2) is 8.70. The summed E-state index contributed by atoms with van der Waals surface area (Å²) in [4.78, 5) is 36.3. The normalized spacial score (nSPS) is 14.2. The predicted molar refractivity (Wildman–Crippen MR) is 127 cm³/mol. The van der Waals surface area contributed by atoms with E-state index in [2.05, 4.69) is 4.98 Å². The van der Waals surface area contributed by atoms with Crippen LogP contribution >= 0.6 is 11.8 Å². The second-order valence-corrected chi connectivity index (χ2v) is 8.80. The third-order valence-corrected chi connectivity index (χ3v) is 6.78. The molecule has 7 nitrogen and oxygen atoms in total. The molecule has 0 radical (unpaired) electrons. The lowest BCUT2D eigenvalue weighted by Gasteiger charge is -2.26. The van der Waals surface area contributed by atoms with E-state index in [4.69, 9.17) is 9.72 Å². The highest BCUT2D eigenvalue weighted by Crippen LogP contribution is 2.27. The number of thioether (sulfide) groups is 1. The Kier molecular flexibility index (Phi) is 5.61. The Labute approximate surface area is 189 Å². The van der Waals surface area contributed by atoms with E-state index in [0.29, 0.717) is 27.6 Å². The lowest BCUT2D eigenvalue weighted by atomic mass is 10.1. The van der Waals surface area contributed by atoms with Gasteiger partial charge in [-0.1, -0.05) is 30.0 Å². The van der Waals surface area contributed by atoms with Gasteiger partial charge in [0.2, 0.25) is 5.91 Å². The number of aromatic amines is 1. The van der Waals surface area contributed by atoms with Gasteiger partial charge in [-0.3, -0.25) is 14.2 Å². The summed E-state index contributed by atoms with van der Waals surface area (Å²) in [5, 5.41) is 1.40. The number of ether oxygens (including phenoxy) is 1. The van der Waals surface area contributed by atoms with Crippen molar-refractivity contribution in [3.63, 3.8) is 0 Å². The average molecular weight is 449 g/mol. The van der Waals surface area contributed by atoms with Crippen LogP contribution in [0.25, 0.3) is 27.6 Å². The van der Waals surface area contributed by atoms with Crippen molar-refractivity contribution in [3.8, 4) is 11.4 Å². The van der Waals surface area contributed by atoms with E-state index in [1.165, 1.54) is 18.2 Å². The van der Waals surface area contributed by atoms with Crippen LogP contribution in [0.3, 0.4) is 0 Å². The molecule has 1 amide bonds. The number of likely N-dealkylation sites (tertiary alicyclic amines) is 1. The largest absolute Gasteiger partial charge is 0.497 e. The van der Waals surface area contributed by atoms with Gasteiger partial charge >= 0.3 is 0 Å². The molecule has 0 atom stereocenters. The Morgan fingerprint density at radius 2 is 1.84 bits per heavy atom. The number of nitrogens with zero attached hydrogens (tertiary/aromatic N) is 3. The molecule has 1 aliphatic rings. The number of nitrogens with one attached hydrogen (secondary N) is 1.